The SMILES string of the molecule is C.C=C(C)C.CC(C)(C)OC(=O)c1ccc(C2=CC[C@@]3(C)C(CC[C@]4(C)C3CC[C@@H]3[C@H]5CCC[C@]5(C)CC[C@]34C)C2(C)C)cc1.CCCS(=O)CC.O=CC(=O)NCCCN1CCS(=O)(=O)CC1. The first-order valence-corrected chi connectivity index (χ1v) is 29.1. The minimum atomic E-state index is -2.82. The van der Waals surface area contributed by atoms with Crippen LogP contribution in [-0.4, -0.2) is 90.5 Å². The lowest BCUT2D eigenvalue weighted by atomic mass is 9.33. The van der Waals surface area contributed by atoms with E-state index in [1.807, 2.05) is 65.5 Å². The first-order valence-electron chi connectivity index (χ1n) is 25.8. The third kappa shape index (κ3) is 14.1. The van der Waals surface area contributed by atoms with Gasteiger partial charge in [0.1, 0.15) is 5.60 Å². The van der Waals surface area contributed by atoms with Crippen LogP contribution < -0.4 is 5.32 Å². The average Bonchev–Trinajstić information content (AvgIpc) is 3.64. The average molecular weight is 986 g/mol. The fraction of sp³-hybridized carbons (Fsp3) is 0.772. The van der Waals surface area contributed by atoms with Gasteiger partial charge in [-0.1, -0.05) is 93.0 Å². The van der Waals surface area contributed by atoms with Gasteiger partial charge in [-0.25, -0.2) is 13.2 Å². The molecule has 3 unspecified atom stereocenters. The number of rotatable bonds is 10. The van der Waals surface area contributed by atoms with Crippen LogP contribution in [-0.2, 0) is 35.0 Å². The van der Waals surface area contributed by atoms with Crippen molar-refractivity contribution >= 4 is 44.4 Å². The van der Waals surface area contributed by atoms with Gasteiger partial charge < -0.3 is 15.0 Å². The van der Waals surface area contributed by atoms with Crippen molar-refractivity contribution in [2.75, 3.05) is 49.2 Å². The third-order valence-corrected chi connectivity index (χ3v) is 20.6. The maximum atomic E-state index is 12.6. The minimum Gasteiger partial charge on any atom is -0.456 e. The van der Waals surface area contributed by atoms with E-state index in [2.05, 4.69) is 71.6 Å². The van der Waals surface area contributed by atoms with E-state index in [-0.39, 0.29) is 36.6 Å². The molecular formula is C57H96N2O7S2. The smallest absolute Gasteiger partial charge is 0.338 e. The summed E-state index contributed by atoms with van der Waals surface area (Å²) in [5, 5.41) is 2.44. The van der Waals surface area contributed by atoms with Crippen LogP contribution in [0.25, 0.3) is 5.57 Å². The molecule has 1 aromatic carbocycles. The van der Waals surface area contributed by atoms with Gasteiger partial charge in [-0.3, -0.25) is 13.8 Å². The topological polar surface area (TPSA) is 127 Å². The van der Waals surface area contributed by atoms with Crippen molar-refractivity contribution in [3.8, 4) is 0 Å². The van der Waals surface area contributed by atoms with Crippen LogP contribution in [0.1, 0.15) is 190 Å². The fourth-order valence-electron chi connectivity index (χ4n) is 14.0. The highest BCUT2D eigenvalue weighted by Crippen LogP contribution is 2.77. The molecule has 1 saturated heterocycles. The molecule has 1 amide bonds. The van der Waals surface area contributed by atoms with Crippen molar-refractivity contribution in [2.24, 2.45) is 50.7 Å². The van der Waals surface area contributed by atoms with Crippen LogP contribution in [0, 0.1) is 50.7 Å². The van der Waals surface area contributed by atoms with Gasteiger partial charge in [0.05, 0.1) is 17.1 Å². The Kier molecular flexibility index (Phi) is 21.2. The number of esters is 1. The van der Waals surface area contributed by atoms with Gasteiger partial charge in [-0.2, -0.15) is 0 Å². The monoisotopic (exact) mass is 985 g/mol. The number of carbonyl (C=O) groups excluding carboxylic acids is 3. The van der Waals surface area contributed by atoms with Gasteiger partial charge in [0.25, 0.3) is 5.91 Å². The van der Waals surface area contributed by atoms with Crippen molar-refractivity contribution in [1.29, 1.82) is 0 Å². The van der Waals surface area contributed by atoms with Crippen LogP contribution in [0.3, 0.4) is 0 Å². The molecule has 68 heavy (non-hydrogen) atoms. The molecule has 388 valence electrons. The van der Waals surface area contributed by atoms with Gasteiger partial charge in [-0.15, -0.1) is 6.58 Å². The summed E-state index contributed by atoms with van der Waals surface area (Å²) in [5.41, 5.74) is 6.10. The van der Waals surface area contributed by atoms with E-state index < -0.39 is 32.1 Å². The Hall–Kier alpha value is -2.63. The number of amides is 1. The normalized spacial score (nSPS) is 32.5. The fourth-order valence-corrected chi connectivity index (χ4v) is 16.0. The number of hydrogen-bond acceptors (Lipinski definition) is 8. The minimum absolute atomic E-state index is 0. The molecule has 0 radical (unpaired) electrons. The number of aldehydes is 1. The summed E-state index contributed by atoms with van der Waals surface area (Å²) in [6.45, 7) is 35.5. The molecular weight excluding hydrogens is 889 g/mol. The van der Waals surface area contributed by atoms with Crippen molar-refractivity contribution in [2.45, 2.75) is 180 Å². The molecule has 1 N–H and O–H groups in total. The molecule has 1 aromatic rings. The predicted octanol–water partition coefficient (Wildman–Crippen LogP) is 12.3. The number of allylic oxidation sites excluding steroid dienone is 3. The second-order valence-electron chi connectivity index (χ2n) is 23.8. The summed E-state index contributed by atoms with van der Waals surface area (Å²) in [5.74, 6) is 4.66. The van der Waals surface area contributed by atoms with Crippen LogP contribution in [0.5, 0.6) is 0 Å². The molecule has 0 spiro atoms. The highest BCUT2D eigenvalue weighted by atomic mass is 32.2. The largest absolute Gasteiger partial charge is 0.456 e. The van der Waals surface area contributed by atoms with Crippen molar-refractivity contribution < 1.29 is 31.7 Å². The summed E-state index contributed by atoms with van der Waals surface area (Å²) in [4.78, 5) is 35.2. The molecule has 1 aliphatic heterocycles. The number of sulfone groups is 1. The molecule has 11 heteroatoms. The number of benzene rings is 1. The van der Waals surface area contributed by atoms with Gasteiger partial charge in [0, 0.05) is 41.9 Å². The first kappa shape index (κ1) is 59.7. The lowest BCUT2D eigenvalue weighted by Gasteiger charge is -2.72. The number of carbonyl (C=O) groups is 3. The van der Waals surface area contributed by atoms with E-state index in [9.17, 15) is 27.0 Å². The van der Waals surface area contributed by atoms with Crippen LogP contribution in [0.2, 0.25) is 0 Å². The van der Waals surface area contributed by atoms with E-state index in [1.165, 1.54) is 80.9 Å². The Morgan fingerprint density at radius 1 is 0.882 bits per heavy atom. The summed E-state index contributed by atoms with van der Waals surface area (Å²) in [6.07, 6.45) is 18.8. The highest BCUT2D eigenvalue weighted by molar-refractivity contribution is 7.91. The summed E-state index contributed by atoms with van der Waals surface area (Å²) < 4.78 is 38.4. The maximum Gasteiger partial charge on any atom is 0.338 e. The van der Waals surface area contributed by atoms with Gasteiger partial charge >= 0.3 is 5.97 Å². The highest BCUT2D eigenvalue weighted by Gasteiger charge is 2.68. The van der Waals surface area contributed by atoms with Gasteiger partial charge in [0.2, 0.25) is 6.29 Å². The lowest BCUT2D eigenvalue weighted by molar-refractivity contribution is -0.221. The summed E-state index contributed by atoms with van der Waals surface area (Å²) in [7, 11) is -3.35. The molecule has 9 nitrogen and oxygen atoms in total. The second kappa shape index (κ2) is 24.2. The van der Waals surface area contributed by atoms with Crippen LogP contribution >= 0.6 is 0 Å². The Labute approximate surface area is 418 Å². The van der Waals surface area contributed by atoms with E-state index in [4.69, 9.17) is 4.74 Å². The Bertz CT molecular complexity index is 2020. The molecule has 4 saturated carbocycles. The third-order valence-electron chi connectivity index (χ3n) is 17.5. The molecule has 5 fully saturated rings. The maximum absolute atomic E-state index is 12.6. The Balaban J connectivity index is 0.000000361. The summed E-state index contributed by atoms with van der Waals surface area (Å²) >= 11 is 0. The van der Waals surface area contributed by atoms with Crippen molar-refractivity contribution in [3.05, 3.63) is 53.6 Å². The predicted molar refractivity (Wildman–Crippen MR) is 286 cm³/mol. The van der Waals surface area contributed by atoms with Crippen LogP contribution in [0.4, 0.5) is 0 Å². The standard InChI is InChI=1S/C38H56O2.C9H16N2O4S.C5H12OS.C4H8.CH4/c1-33(2,3)40-32(39)26-14-12-25(13-15-26)27-18-21-36(7)30(34(27,4)5)19-22-38(9)31(36)17-16-29-28-11-10-20-35(28,6)23-24-37(29,38)8;12-8-9(13)10-2-1-3-11-4-6-16(14,15)7-5-11;1-3-5-7(6)4-2;1-4(2)3;/h12-15,18,28-31H,10-11,16-17,19-24H2,1-9H3;8H,1-7H2,(H,10,13);3-5H2,1-2H3;1H2,2-3H3;1H4/t28-,29-,30?,31?,35-,36+,37-,38-;;;;/m1..../s1. The van der Waals surface area contributed by atoms with Crippen LogP contribution in [0.15, 0.2) is 42.5 Å². The van der Waals surface area contributed by atoms with Gasteiger partial charge in [0.15, 0.2) is 9.84 Å². The van der Waals surface area contributed by atoms with Gasteiger partial charge in [-0.05, 0) is 186 Å². The van der Waals surface area contributed by atoms with E-state index in [0.29, 0.717) is 52.8 Å². The van der Waals surface area contributed by atoms with E-state index in [1.54, 1.807) is 0 Å². The number of ether oxygens (including phenoxy) is 1. The second-order valence-corrected chi connectivity index (χ2v) is 28.0. The number of fused-ring (bicyclic) bond motifs is 7. The molecule has 0 aromatic heterocycles. The molecule has 5 aliphatic carbocycles. The lowest BCUT2D eigenvalue weighted by Crippen LogP contribution is -2.64. The molecule has 6 aliphatic rings. The Morgan fingerprint density at radius 3 is 2.04 bits per heavy atom. The van der Waals surface area contributed by atoms with E-state index >= 15 is 0 Å². The summed E-state index contributed by atoms with van der Waals surface area (Å²) in [6, 6.07) is 8.26. The number of nitrogens with zero attached hydrogens (tertiary/aromatic N) is 1. The first-order chi connectivity index (χ1) is 31.1. The zero-order valence-electron chi connectivity index (χ0n) is 44.2. The van der Waals surface area contributed by atoms with Crippen molar-refractivity contribution in [3.63, 3.8) is 0 Å². The van der Waals surface area contributed by atoms with Crippen molar-refractivity contribution in [1.82, 2.24) is 10.2 Å². The Morgan fingerprint density at radius 2 is 1.50 bits per heavy atom. The quantitative estimate of drug-likeness (QED) is 0.0807. The number of nitrogens with one attached hydrogen (secondary N) is 1. The zero-order chi connectivity index (χ0) is 50.2. The zero-order valence-corrected chi connectivity index (χ0v) is 45.9. The molecule has 0 bridgehead atoms. The van der Waals surface area contributed by atoms with E-state index in [0.717, 1.165) is 48.6 Å². The number of hydrogen-bond donors (Lipinski definition) is 1. The molecule has 9 atom stereocenters. The molecule has 1 heterocycles. The molecule has 7 rings (SSSR count).